The summed E-state index contributed by atoms with van der Waals surface area (Å²) in [5.74, 6) is 0.157. The lowest BCUT2D eigenvalue weighted by Crippen LogP contribution is -2.34. The molecule has 1 aromatic rings. The van der Waals surface area contributed by atoms with Gasteiger partial charge in [0.1, 0.15) is 0 Å². The van der Waals surface area contributed by atoms with Crippen LogP contribution in [0.5, 0.6) is 0 Å². The van der Waals surface area contributed by atoms with Crippen LogP contribution in [0.3, 0.4) is 0 Å². The quantitative estimate of drug-likeness (QED) is 0.852. The number of nitrogens with zero attached hydrogens (tertiary/aromatic N) is 2. The summed E-state index contributed by atoms with van der Waals surface area (Å²) in [6.45, 7) is 6.84. The van der Waals surface area contributed by atoms with Crippen molar-refractivity contribution in [3.8, 4) is 0 Å². The number of carbonyl (C=O) groups excluding carboxylic acids is 1. The third-order valence-corrected chi connectivity index (χ3v) is 3.34. The number of carbonyl (C=O) groups is 1. The van der Waals surface area contributed by atoms with Crippen LogP contribution in [-0.2, 0) is 0 Å². The highest BCUT2D eigenvalue weighted by Crippen LogP contribution is 2.29. The summed E-state index contributed by atoms with van der Waals surface area (Å²) in [6, 6.07) is 0.475. The molecule has 0 aliphatic heterocycles. The summed E-state index contributed by atoms with van der Waals surface area (Å²) in [7, 11) is 0. The smallest absolute Gasteiger partial charge is 0.257 e. The van der Waals surface area contributed by atoms with Crippen molar-refractivity contribution in [1.29, 1.82) is 0 Å². The number of aryl methyl sites for hydroxylation is 2. The average molecular weight is 235 g/mol. The summed E-state index contributed by atoms with van der Waals surface area (Å²) in [6.07, 6.45) is 4.52. The maximum Gasteiger partial charge on any atom is 0.257 e. The van der Waals surface area contributed by atoms with Crippen molar-refractivity contribution in [3.05, 3.63) is 17.0 Å². The van der Waals surface area contributed by atoms with Gasteiger partial charge in [0.2, 0.25) is 0 Å². The van der Waals surface area contributed by atoms with E-state index in [1.165, 1.54) is 0 Å². The molecular weight excluding hydrogens is 214 g/mol. The van der Waals surface area contributed by atoms with Gasteiger partial charge in [-0.05, 0) is 33.1 Å². The first-order valence-electron chi connectivity index (χ1n) is 6.47. The Kier molecular flexibility index (Phi) is 3.50. The number of H-pyrrole nitrogens is 1. The molecule has 2 rings (SSSR count). The van der Waals surface area contributed by atoms with Gasteiger partial charge in [0.25, 0.3) is 5.91 Å². The highest BCUT2D eigenvalue weighted by Gasteiger charge is 2.34. The number of rotatable bonds is 5. The molecule has 4 heteroatoms. The molecule has 1 fully saturated rings. The number of aromatic nitrogens is 2. The van der Waals surface area contributed by atoms with Crippen LogP contribution in [0.15, 0.2) is 0 Å². The van der Waals surface area contributed by atoms with Crippen molar-refractivity contribution in [2.24, 2.45) is 0 Å². The Hall–Kier alpha value is -1.32. The van der Waals surface area contributed by atoms with Gasteiger partial charge in [-0.25, -0.2) is 0 Å². The van der Waals surface area contributed by atoms with E-state index in [4.69, 9.17) is 0 Å². The Morgan fingerprint density at radius 2 is 2.18 bits per heavy atom. The van der Waals surface area contributed by atoms with Gasteiger partial charge in [-0.1, -0.05) is 13.3 Å². The third kappa shape index (κ3) is 2.51. The number of hydrogen-bond acceptors (Lipinski definition) is 2. The zero-order chi connectivity index (χ0) is 12.4. The molecule has 17 heavy (non-hydrogen) atoms. The fourth-order valence-electron chi connectivity index (χ4n) is 2.17. The number of aromatic amines is 1. The van der Waals surface area contributed by atoms with E-state index in [0.29, 0.717) is 6.04 Å². The highest BCUT2D eigenvalue weighted by molar-refractivity contribution is 5.96. The molecular formula is C13H21N3O. The minimum absolute atomic E-state index is 0.157. The zero-order valence-electron chi connectivity index (χ0n) is 10.9. The van der Waals surface area contributed by atoms with Crippen molar-refractivity contribution in [1.82, 2.24) is 15.1 Å². The number of hydrogen-bond donors (Lipinski definition) is 1. The van der Waals surface area contributed by atoms with E-state index < -0.39 is 0 Å². The second-order valence-electron chi connectivity index (χ2n) is 4.89. The molecule has 0 saturated heterocycles. The highest BCUT2D eigenvalue weighted by atomic mass is 16.2. The van der Waals surface area contributed by atoms with E-state index in [1.54, 1.807) is 0 Å². The van der Waals surface area contributed by atoms with Crippen molar-refractivity contribution < 1.29 is 4.79 Å². The molecule has 1 heterocycles. The first-order valence-corrected chi connectivity index (χ1v) is 6.47. The van der Waals surface area contributed by atoms with E-state index in [1.807, 2.05) is 18.7 Å². The van der Waals surface area contributed by atoms with Crippen molar-refractivity contribution >= 4 is 5.91 Å². The zero-order valence-corrected chi connectivity index (χ0v) is 10.9. The molecule has 0 bridgehead atoms. The molecule has 4 nitrogen and oxygen atoms in total. The second kappa shape index (κ2) is 4.90. The van der Waals surface area contributed by atoms with Gasteiger partial charge in [-0.3, -0.25) is 9.89 Å². The van der Waals surface area contributed by atoms with E-state index in [-0.39, 0.29) is 5.91 Å². The SMILES string of the molecule is CCCCN(C(=O)c1c(C)n[nH]c1C)C1CC1. The van der Waals surface area contributed by atoms with Crippen molar-refractivity contribution in [3.63, 3.8) is 0 Å². The molecule has 0 spiro atoms. The molecule has 1 amide bonds. The van der Waals surface area contributed by atoms with Gasteiger partial charge in [0.05, 0.1) is 11.3 Å². The Morgan fingerprint density at radius 1 is 1.47 bits per heavy atom. The lowest BCUT2D eigenvalue weighted by atomic mass is 10.1. The van der Waals surface area contributed by atoms with Crippen LogP contribution in [-0.4, -0.2) is 33.6 Å². The molecule has 1 saturated carbocycles. The summed E-state index contributed by atoms with van der Waals surface area (Å²) in [5, 5.41) is 7.00. The van der Waals surface area contributed by atoms with Crippen molar-refractivity contribution in [2.45, 2.75) is 52.5 Å². The number of amides is 1. The monoisotopic (exact) mass is 235 g/mol. The lowest BCUT2D eigenvalue weighted by molar-refractivity contribution is 0.0739. The van der Waals surface area contributed by atoms with E-state index >= 15 is 0 Å². The number of nitrogens with one attached hydrogen (secondary N) is 1. The molecule has 94 valence electrons. The van der Waals surface area contributed by atoms with Gasteiger partial charge in [0, 0.05) is 18.3 Å². The van der Waals surface area contributed by atoms with Gasteiger partial charge in [-0.2, -0.15) is 5.10 Å². The van der Waals surface area contributed by atoms with Gasteiger partial charge in [-0.15, -0.1) is 0 Å². The van der Waals surface area contributed by atoms with Crippen molar-refractivity contribution in [2.75, 3.05) is 6.54 Å². The maximum atomic E-state index is 12.5. The standard InChI is InChI=1S/C13H21N3O/c1-4-5-8-16(11-6-7-11)13(17)12-9(2)14-15-10(12)3/h11H,4-8H2,1-3H3,(H,14,15). The molecule has 0 radical (unpaired) electrons. The van der Waals surface area contributed by atoms with Crippen LogP contribution >= 0.6 is 0 Å². The Labute approximate surface area is 102 Å². The summed E-state index contributed by atoms with van der Waals surface area (Å²) in [4.78, 5) is 14.5. The van der Waals surface area contributed by atoms with E-state index in [9.17, 15) is 4.79 Å². The molecule has 1 aromatic heterocycles. The van der Waals surface area contributed by atoms with Crippen LogP contribution in [0.25, 0.3) is 0 Å². The van der Waals surface area contributed by atoms with E-state index in [0.717, 1.165) is 49.2 Å². The molecule has 0 unspecified atom stereocenters. The maximum absolute atomic E-state index is 12.5. The van der Waals surface area contributed by atoms with Crippen LogP contribution in [0.1, 0.15) is 54.4 Å². The molecule has 0 aromatic carbocycles. The van der Waals surface area contributed by atoms with Crippen LogP contribution in [0, 0.1) is 13.8 Å². The topological polar surface area (TPSA) is 49.0 Å². The largest absolute Gasteiger partial charge is 0.336 e. The molecule has 1 aliphatic carbocycles. The minimum atomic E-state index is 0.157. The Balaban J connectivity index is 2.16. The van der Waals surface area contributed by atoms with Gasteiger partial charge < -0.3 is 4.90 Å². The van der Waals surface area contributed by atoms with Crippen LogP contribution in [0.2, 0.25) is 0 Å². The predicted molar refractivity (Wildman–Crippen MR) is 67.0 cm³/mol. The first-order chi connectivity index (χ1) is 8.15. The third-order valence-electron chi connectivity index (χ3n) is 3.34. The summed E-state index contributed by atoms with van der Waals surface area (Å²) < 4.78 is 0. The van der Waals surface area contributed by atoms with E-state index in [2.05, 4.69) is 17.1 Å². The lowest BCUT2D eigenvalue weighted by Gasteiger charge is -2.22. The summed E-state index contributed by atoms with van der Waals surface area (Å²) in [5.41, 5.74) is 2.47. The van der Waals surface area contributed by atoms with Crippen LogP contribution in [0.4, 0.5) is 0 Å². The number of unbranched alkanes of at least 4 members (excludes halogenated alkanes) is 1. The summed E-state index contributed by atoms with van der Waals surface area (Å²) >= 11 is 0. The minimum Gasteiger partial charge on any atom is -0.336 e. The Morgan fingerprint density at radius 3 is 2.65 bits per heavy atom. The molecule has 1 aliphatic rings. The normalized spacial score (nSPS) is 15.0. The van der Waals surface area contributed by atoms with Gasteiger partial charge >= 0.3 is 0 Å². The van der Waals surface area contributed by atoms with Crippen LogP contribution < -0.4 is 0 Å². The fourth-order valence-corrected chi connectivity index (χ4v) is 2.17. The Bertz CT molecular complexity index is 387. The fraction of sp³-hybridized carbons (Fsp3) is 0.692. The van der Waals surface area contributed by atoms with Gasteiger partial charge in [0.15, 0.2) is 0 Å². The first kappa shape index (κ1) is 12.1. The predicted octanol–water partition coefficient (Wildman–Crippen LogP) is 2.43. The second-order valence-corrected chi connectivity index (χ2v) is 4.89. The average Bonchev–Trinajstić information content (AvgIpc) is 3.06. The molecule has 0 atom stereocenters. The molecule has 1 N–H and O–H groups in total.